The number of carbonyl (C=O) groups excluding carboxylic acids is 1. The zero-order chi connectivity index (χ0) is 34.2. The number of hydrogen-bond donors (Lipinski definition) is 1. The summed E-state index contributed by atoms with van der Waals surface area (Å²) in [6.07, 6.45) is 1.91. The van der Waals surface area contributed by atoms with Gasteiger partial charge in [0.2, 0.25) is 5.91 Å². The molecule has 246 valence electrons. The van der Waals surface area contributed by atoms with E-state index in [4.69, 9.17) is 5.21 Å². The molecule has 1 N–H and O–H groups in total. The molecule has 0 saturated heterocycles. The third-order valence-electron chi connectivity index (χ3n) is 9.04. The number of carbonyl (C=O) groups is 2. The van der Waals surface area contributed by atoms with Crippen LogP contribution in [0.2, 0.25) is 0 Å². The Morgan fingerprint density at radius 3 is 1.76 bits per heavy atom. The molecule has 1 atom stereocenters. The Hall–Kier alpha value is -5.89. The van der Waals surface area contributed by atoms with Crippen LogP contribution in [0.1, 0.15) is 55.4 Å². The second-order valence-electron chi connectivity index (χ2n) is 12.1. The highest BCUT2D eigenvalue weighted by atomic mass is 16.4. The lowest BCUT2D eigenvalue weighted by Gasteiger charge is -2.36. The quantitative estimate of drug-likeness (QED) is 0.128. The Labute approximate surface area is 286 Å². The summed E-state index contributed by atoms with van der Waals surface area (Å²) in [5, 5.41) is 23.3. The molecule has 8 nitrogen and oxygen atoms in total. The van der Waals surface area contributed by atoms with Crippen LogP contribution in [-0.4, -0.2) is 48.1 Å². The van der Waals surface area contributed by atoms with Crippen molar-refractivity contribution in [2.45, 2.75) is 51.2 Å². The van der Waals surface area contributed by atoms with Crippen LogP contribution in [0.25, 0.3) is 22.5 Å². The van der Waals surface area contributed by atoms with E-state index in [2.05, 4.69) is 46.7 Å². The zero-order valence-corrected chi connectivity index (χ0v) is 27.7. The monoisotopic (exact) mass is 649 g/mol. The van der Waals surface area contributed by atoms with Crippen LogP contribution in [0.4, 0.5) is 0 Å². The van der Waals surface area contributed by atoms with Gasteiger partial charge in [-0.15, -0.1) is 5.10 Å². The van der Waals surface area contributed by atoms with E-state index in [-0.39, 0.29) is 12.5 Å². The van der Waals surface area contributed by atoms with Crippen molar-refractivity contribution in [2.75, 3.05) is 0 Å². The van der Waals surface area contributed by atoms with E-state index in [1.807, 2.05) is 115 Å². The fourth-order valence-corrected chi connectivity index (χ4v) is 6.45. The minimum absolute atomic E-state index is 0.156. The van der Waals surface area contributed by atoms with Crippen molar-refractivity contribution in [3.63, 3.8) is 0 Å². The lowest BCUT2D eigenvalue weighted by molar-refractivity contribution is -0.150. The summed E-state index contributed by atoms with van der Waals surface area (Å²) in [5.74, 6) is -0.582. The molecule has 6 aromatic rings. The van der Waals surface area contributed by atoms with Gasteiger partial charge in [-0.05, 0) is 57.2 Å². The molecule has 0 aliphatic heterocycles. The summed E-state index contributed by atoms with van der Waals surface area (Å²) in [6, 6.07) is 45.9. The summed E-state index contributed by atoms with van der Waals surface area (Å²) >= 11 is 0. The third kappa shape index (κ3) is 6.63. The average molecular weight is 650 g/mol. The molecule has 8 heteroatoms. The minimum Gasteiger partial charge on any atom is -0.480 e. The number of aromatic nitrogens is 4. The standard InChI is InChI=1S/C41H39N5O3/c1-3-4-24-38(47)45(30(2)40(48)49)29-31-25-27-32(28-26-31)36-22-14-15-23-37(36)39-42-43-44-46(39)41(33-16-8-5-9-17-33,34-18-10-6-11-19-34)35-20-12-7-13-21-35/h5-23,25-28,30H,3-4,24,29H2,1-2H3,(H,48,49). The van der Waals surface area contributed by atoms with Crippen LogP contribution in [0, 0.1) is 0 Å². The van der Waals surface area contributed by atoms with E-state index in [1.165, 1.54) is 4.90 Å². The van der Waals surface area contributed by atoms with Crippen LogP contribution in [0.5, 0.6) is 0 Å². The van der Waals surface area contributed by atoms with Crippen molar-refractivity contribution >= 4 is 11.9 Å². The maximum atomic E-state index is 13.0. The van der Waals surface area contributed by atoms with Gasteiger partial charge in [0.05, 0.1) is 0 Å². The maximum Gasteiger partial charge on any atom is 0.326 e. The van der Waals surface area contributed by atoms with Crippen molar-refractivity contribution in [1.82, 2.24) is 25.1 Å². The Balaban J connectivity index is 1.45. The second-order valence-corrected chi connectivity index (χ2v) is 12.1. The van der Waals surface area contributed by atoms with Crippen molar-refractivity contribution in [2.24, 2.45) is 0 Å². The molecular weight excluding hydrogens is 610 g/mol. The zero-order valence-electron chi connectivity index (χ0n) is 27.7. The summed E-state index contributed by atoms with van der Waals surface area (Å²) in [7, 11) is 0. The fourth-order valence-electron chi connectivity index (χ4n) is 6.45. The molecule has 0 saturated carbocycles. The minimum atomic E-state index is -1.02. The van der Waals surface area contributed by atoms with E-state index < -0.39 is 17.6 Å². The topological polar surface area (TPSA) is 101 Å². The average Bonchev–Trinajstić information content (AvgIpc) is 3.64. The maximum absolute atomic E-state index is 13.0. The van der Waals surface area contributed by atoms with E-state index in [1.54, 1.807) is 6.92 Å². The first-order valence-electron chi connectivity index (χ1n) is 16.6. The number of carboxylic acids is 1. The Morgan fingerprint density at radius 1 is 0.735 bits per heavy atom. The van der Waals surface area contributed by atoms with Gasteiger partial charge >= 0.3 is 5.97 Å². The SMILES string of the molecule is CCCCC(=O)N(Cc1ccc(-c2ccccc2-c2nnnn2C(c2ccccc2)(c2ccccc2)c2ccccc2)cc1)C(C)C(=O)O. The largest absolute Gasteiger partial charge is 0.480 e. The molecule has 0 aliphatic rings. The molecule has 0 radical (unpaired) electrons. The van der Waals surface area contributed by atoms with Gasteiger partial charge in [0, 0.05) is 18.5 Å². The first-order chi connectivity index (χ1) is 23.9. The molecule has 1 heterocycles. The van der Waals surface area contributed by atoms with Gasteiger partial charge in [0.1, 0.15) is 11.6 Å². The van der Waals surface area contributed by atoms with Crippen LogP contribution in [0.15, 0.2) is 140 Å². The van der Waals surface area contributed by atoms with E-state index in [9.17, 15) is 14.7 Å². The number of carboxylic acid groups (broad SMARTS) is 1. The van der Waals surface area contributed by atoms with Crippen molar-refractivity contribution in [1.29, 1.82) is 0 Å². The molecule has 1 aromatic heterocycles. The van der Waals surface area contributed by atoms with Gasteiger partial charge in [0.15, 0.2) is 5.82 Å². The number of unbranched alkanes of at least 4 members (excludes halogenated alkanes) is 1. The van der Waals surface area contributed by atoms with E-state index >= 15 is 0 Å². The number of aliphatic carboxylic acids is 1. The number of nitrogens with zero attached hydrogens (tertiary/aromatic N) is 5. The van der Waals surface area contributed by atoms with Crippen molar-refractivity contribution in [3.8, 4) is 22.5 Å². The molecule has 0 aliphatic carbocycles. The van der Waals surface area contributed by atoms with Gasteiger partial charge in [0.25, 0.3) is 0 Å². The summed E-state index contributed by atoms with van der Waals surface area (Å²) in [4.78, 5) is 26.3. The highest BCUT2D eigenvalue weighted by Gasteiger charge is 2.42. The van der Waals surface area contributed by atoms with Gasteiger partial charge in [-0.25, -0.2) is 9.48 Å². The van der Waals surface area contributed by atoms with Crippen LogP contribution >= 0.6 is 0 Å². The number of rotatable bonds is 13. The summed E-state index contributed by atoms with van der Waals surface area (Å²) in [6.45, 7) is 3.78. The Kier molecular flexibility index (Phi) is 10.0. The van der Waals surface area contributed by atoms with E-state index in [0.29, 0.717) is 12.2 Å². The lowest BCUT2D eigenvalue weighted by Crippen LogP contribution is -2.42. The predicted octanol–water partition coefficient (Wildman–Crippen LogP) is 7.84. The normalized spacial score (nSPS) is 12.0. The molecule has 49 heavy (non-hydrogen) atoms. The Bertz CT molecular complexity index is 1900. The first kappa shape index (κ1) is 33.0. The number of tetrazole rings is 1. The van der Waals surface area contributed by atoms with Crippen LogP contribution in [-0.2, 0) is 21.7 Å². The number of benzene rings is 5. The molecule has 0 bridgehead atoms. The van der Waals surface area contributed by atoms with Crippen LogP contribution < -0.4 is 0 Å². The number of amides is 1. The molecule has 1 unspecified atom stereocenters. The summed E-state index contributed by atoms with van der Waals surface area (Å²) < 4.78 is 1.92. The van der Waals surface area contributed by atoms with Gasteiger partial charge in [-0.3, -0.25) is 4.79 Å². The molecule has 0 fully saturated rings. The second kappa shape index (κ2) is 14.9. The van der Waals surface area contributed by atoms with Gasteiger partial charge in [-0.1, -0.05) is 153 Å². The highest BCUT2D eigenvalue weighted by molar-refractivity contribution is 5.84. The molecule has 0 spiro atoms. The van der Waals surface area contributed by atoms with E-state index in [0.717, 1.165) is 51.8 Å². The molecular formula is C41H39N5O3. The molecule has 5 aromatic carbocycles. The predicted molar refractivity (Wildman–Crippen MR) is 190 cm³/mol. The Morgan fingerprint density at radius 2 is 1.24 bits per heavy atom. The smallest absolute Gasteiger partial charge is 0.326 e. The van der Waals surface area contributed by atoms with Crippen molar-refractivity contribution in [3.05, 3.63) is 162 Å². The lowest BCUT2D eigenvalue weighted by atomic mass is 9.77. The molecule has 1 amide bonds. The van der Waals surface area contributed by atoms with Crippen LogP contribution in [0.3, 0.4) is 0 Å². The van der Waals surface area contributed by atoms with Gasteiger partial charge < -0.3 is 10.0 Å². The van der Waals surface area contributed by atoms with Crippen molar-refractivity contribution < 1.29 is 14.7 Å². The first-order valence-corrected chi connectivity index (χ1v) is 16.6. The summed E-state index contributed by atoms with van der Waals surface area (Å²) in [5.41, 5.74) is 5.71. The number of hydrogen-bond acceptors (Lipinski definition) is 5. The fraction of sp³-hybridized carbons (Fsp3) is 0.195. The third-order valence-corrected chi connectivity index (χ3v) is 9.04. The molecule has 6 rings (SSSR count). The van der Waals surface area contributed by atoms with Gasteiger partial charge in [-0.2, -0.15) is 0 Å². The highest BCUT2D eigenvalue weighted by Crippen LogP contribution is 2.43.